The Morgan fingerprint density at radius 2 is 1.97 bits per heavy atom. The molecular formula is C21H19F2N3O3. The van der Waals surface area contributed by atoms with Gasteiger partial charge in [0.05, 0.1) is 19.1 Å². The number of hydrogen-bond acceptors (Lipinski definition) is 5. The lowest BCUT2D eigenvalue weighted by Gasteiger charge is -2.25. The van der Waals surface area contributed by atoms with Gasteiger partial charge in [-0.05, 0) is 42.8 Å². The molecular weight excluding hydrogens is 380 g/mol. The second-order valence-electron chi connectivity index (χ2n) is 6.98. The van der Waals surface area contributed by atoms with Crippen LogP contribution in [0, 0.1) is 11.6 Å². The number of aromatic nitrogens is 2. The summed E-state index contributed by atoms with van der Waals surface area (Å²) in [4.78, 5) is 18.6. The first-order valence-corrected chi connectivity index (χ1v) is 9.18. The molecule has 0 N–H and O–H groups in total. The lowest BCUT2D eigenvalue weighted by atomic mass is 10.1. The third kappa shape index (κ3) is 3.70. The molecule has 1 saturated heterocycles. The minimum absolute atomic E-state index is 0.0398. The number of methoxy groups -OCH3 is 1. The van der Waals surface area contributed by atoms with Crippen LogP contribution >= 0.6 is 0 Å². The standard InChI is InChI=1S/C21H19F2N3O3/c1-12(13-3-6-16(22)7-4-13)26-11-15(10-19(26)27)21-24-20(25-29-21)14-5-8-18(28-2)17(23)9-14/h3-9,12,15H,10-11H2,1-2H3. The molecule has 1 aromatic heterocycles. The van der Waals surface area contributed by atoms with Crippen LogP contribution in [0.15, 0.2) is 47.0 Å². The molecule has 8 heteroatoms. The summed E-state index contributed by atoms with van der Waals surface area (Å²) in [7, 11) is 1.39. The van der Waals surface area contributed by atoms with Gasteiger partial charge < -0.3 is 14.2 Å². The van der Waals surface area contributed by atoms with E-state index in [-0.39, 0.29) is 41.7 Å². The highest BCUT2D eigenvalue weighted by Crippen LogP contribution is 2.34. The summed E-state index contributed by atoms with van der Waals surface area (Å²) in [6.07, 6.45) is 0.240. The van der Waals surface area contributed by atoms with Crippen molar-refractivity contribution in [1.82, 2.24) is 15.0 Å². The Hall–Kier alpha value is -3.29. The Morgan fingerprint density at radius 1 is 1.21 bits per heavy atom. The van der Waals surface area contributed by atoms with Gasteiger partial charge in [-0.3, -0.25) is 4.79 Å². The Balaban J connectivity index is 1.51. The molecule has 1 amide bonds. The topological polar surface area (TPSA) is 68.5 Å². The summed E-state index contributed by atoms with van der Waals surface area (Å²) in [6, 6.07) is 10.3. The van der Waals surface area contributed by atoms with E-state index < -0.39 is 5.82 Å². The summed E-state index contributed by atoms with van der Waals surface area (Å²) in [6.45, 7) is 2.31. The highest BCUT2D eigenvalue weighted by molar-refractivity contribution is 5.80. The van der Waals surface area contributed by atoms with E-state index in [1.54, 1.807) is 23.1 Å². The van der Waals surface area contributed by atoms with Gasteiger partial charge in [0.25, 0.3) is 0 Å². The monoisotopic (exact) mass is 399 g/mol. The highest BCUT2D eigenvalue weighted by Gasteiger charge is 2.37. The fraction of sp³-hybridized carbons (Fsp3) is 0.286. The van der Waals surface area contributed by atoms with Gasteiger partial charge >= 0.3 is 0 Å². The molecule has 6 nitrogen and oxygen atoms in total. The minimum atomic E-state index is -0.522. The van der Waals surface area contributed by atoms with E-state index in [2.05, 4.69) is 10.1 Å². The molecule has 29 heavy (non-hydrogen) atoms. The van der Waals surface area contributed by atoms with Gasteiger partial charge in [-0.1, -0.05) is 17.3 Å². The number of nitrogens with zero attached hydrogens (tertiary/aromatic N) is 3. The van der Waals surface area contributed by atoms with Crippen molar-refractivity contribution >= 4 is 5.91 Å². The number of benzene rings is 2. The zero-order valence-corrected chi connectivity index (χ0v) is 15.9. The molecule has 0 bridgehead atoms. The van der Waals surface area contributed by atoms with Crippen LogP contribution in [0.25, 0.3) is 11.4 Å². The predicted molar refractivity (Wildman–Crippen MR) is 100 cm³/mol. The van der Waals surface area contributed by atoms with Gasteiger partial charge in [-0.15, -0.1) is 0 Å². The SMILES string of the molecule is COc1ccc(-c2noc(C3CC(=O)N(C(C)c4ccc(F)cc4)C3)n2)cc1F. The Morgan fingerprint density at radius 3 is 2.66 bits per heavy atom. The predicted octanol–water partition coefficient (Wildman–Crippen LogP) is 4.10. The van der Waals surface area contributed by atoms with Crippen molar-refractivity contribution in [2.45, 2.75) is 25.3 Å². The molecule has 4 rings (SSSR count). The van der Waals surface area contributed by atoms with E-state index in [0.29, 0.717) is 18.0 Å². The molecule has 2 aromatic carbocycles. The van der Waals surface area contributed by atoms with Crippen molar-refractivity contribution in [3.8, 4) is 17.1 Å². The van der Waals surface area contributed by atoms with Crippen LogP contribution in [0.4, 0.5) is 8.78 Å². The molecule has 1 aliphatic rings. The van der Waals surface area contributed by atoms with Gasteiger partial charge in [-0.2, -0.15) is 4.98 Å². The maximum absolute atomic E-state index is 13.9. The third-order valence-corrected chi connectivity index (χ3v) is 5.18. The molecule has 2 unspecified atom stereocenters. The number of halogens is 2. The van der Waals surface area contributed by atoms with Crippen molar-refractivity contribution in [2.75, 3.05) is 13.7 Å². The van der Waals surface area contributed by atoms with Crippen molar-refractivity contribution in [3.63, 3.8) is 0 Å². The normalized spacial score (nSPS) is 17.6. The largest absolute Gasteiger partial charge is 0.494 e. The molecule has 0 saturated carbocycles. The zero-order chi connectivity index (χ0) is 20.5. The minimum Gasteiger partial charge on any atom is -0.494 e. The molecule has 1 aliphatic heterocycles. The van der Waals surface area contributed by atoms with Gasteiger partial charge in [0.1, 0.15) is 5.82 Å². The second kappa shape index (κ2) is 7.62. The summed E-state index contributed by atoms with van der Waals surface area (Å²) >= 11 is 0. The van der Waals surface area contributed by atoms with Crippen LogP contribution in [0.5, 0.6) is 5.75 Å². The Kier molecular flexibility index (Phi) is 5.00. The highest BCUT2D eigenvalue weighted by atomic mass is 19.1. The summed E-state index contributed by atoms with van der Waals surface area (Å²) in [5.41, 5.74) is 1.31. The lowest BCUT2D eigenvalue weighted by molar-refractivity contribution is -0.129. The molecule has 1 fully saturated rings. The molecule has 0 spiro atoms. The quantitative estimate of drug-likeness (QED) is 0.646. The summed E-state index contributed by atoms with van der Waals surface area (Å²) in [5, 5.41) is 3.93. The van der Waals surface area contributed by atoms with Crippen molar-refractivity contribution < 1.29 is 22.8 Å². The third-order valence-electron chi connectivity index (χ3n) is 5.18. The first-order valence-electron chi connectivity index (χ1n) is 9.18. The maximum atomic E-state index is 13.9. The van der Waals surface area contributed by atoms with E-state index in [1.165, 1.54) is 31.4 Å². The number of amides is 1. The van der Waals surface area contributed by atoms with Crippen molar-refractivity contribution in [1.29, 1.82) is 0 Å². The van der Waals surface area contributed by atoms with Crippen LogP contribution in [-0.4, -0.2) is 34.6 Å². The van der Waals surface area contributed by atoms with Gasteiger partial charge in [0.2, 0.25) is 17.6 Å². The number of rotatable bonds is 5. The van der Waals surface area contributed by atoms with Gasteiger partial charge in [0, 0.05) is 18.5 Å². The van der Waals surface area contributed by atoms with Gasteiger partial charge in [0.15, 0.2) is 11.6 Å². The summed E-state index contributed by atoms with van der Waals surface area (Å²) < 4.78 is 37.4. The van der Waals surface area contributed by atoms with E-state index in [0.717, 1.165) is 5.56 Å². The van der Waals surface area contributed by atoms with E-state index in [1.807, 2.05) is 6.92 Å². The number of likely N-dealkylation sites (tertiary alicyclic amines) is 1. The smallest absolute Gasteiger partial charge is 0.232 e. The zero-order valence-electron chi connectivity index (χ0n) is 15.9. The number of carbonyl (C=O) groups excluding carboxylic acids is 1. The summed E-state index contributed by atoms with van der Waals surface area (Å²) in [5.74, 6) is -0.426. The maximum Gasteiger partial charge on any atom is 0.232 e. The van der Waals surface area contributed by atoms with E-state index >= 15 is 0 Å². The molecule has 2 atom stereocenters. The van der Waals surface area contributed by atoms with Crippen molar-refractivity contribution in [2.24, 2.45) is 0 Å². The van der Waals surface area contributed by atoms with Crippen LogP contribution in [0.2, 0.25) is 0 Å². The first-order chi connectivity index (χ1) is 14.0. The Labute approximate surface area is 166 Å². The fourth-order valence-corrected chi connectivity index (χ4v) is 3.52. The second-order valence-corrected chi connectivity index (χ2v) is 6.98. The molecule has 150 valence electrons. The fourth-order valence-electron chi connectivity index (χ4n) is 3.52. The molecule has 0 aliphatic carbocycles. The Bertz CT molecular complexity index is 1040. The average Bonchev–Trinajstić information content (AvgIpc) is 3.35. The number of hydrogen-bond donors (Lipinski definition) is 0. The van der Waals surface area contributed by atoms with Gasteiger partial charge in [-0.25, -0.2) is 8.78 Å². The molecule has 0 radical (unpaired) electrons. The first kappa shape index (κ1) is 19.0. The van der Waals surface area contributed by atoms with E-state index in [4.69, 9.17) is 9.26 Å². The van der Waals surface area contributed by atoms with Crippen molar-refractivity contribution in [3.05, 3.63) is 65.6 Å². The van der Waals surface area contributed by atoms with Crippen LogP contribution < -0.4 is 4.74 Å². The molecule has 3 aromatic rings. The average molecular weight is 399 g/mol. The number of carbonyl (C=O) groups is 1. The number of ether oxygens (including phenoxy) is 1. The lowest BCUT2D eigenvalue weighted by Crippen LogP contribution is -2.28. The van der Waals surface area contributed by atoms with E-state index in [9.17, 15) is 13.6 Å². The van der Waals surface area contributed by atoms with Crippen LogP contribution in [0.1, 0.15) is 36.8 Å². The van der Waals surface area contributed by atoms with Crippen LogP contribution in [-0.2, 0) is 4.79 Å². The van der Waals surface area contributed by atoms with Crippen LogP contribution in [0.3, 0.4) is 0 Å². The molecule has 2 heterocycles.